The third-order valence-electron chi connectivity index (χ3n) is 4.39. The number of hydrogen-bond acceptors (Lipinski definition) is 4. The lowest BCUT2D eigenvalue weighted by molar-refractivity contribution is -0.469. The highest BCUT2D eigenvalue weighted by Crippen LogP contribution is 2.36. The molecule has 3 aromatic rings. The van der Waals surface area contributed by atoms with Crippen LogP contribution in [0.4, 0.5) is 5.69 Å². The molecule has 0 saturated heterocycles. The minimum Gasteiger partial charge on any atom is -0.493 e. The van der Waals surface area contributed by atoms with Gasteiger partial charge in [0.2, 0.25) is 0 Å². The van der Waals surface area contributed by atoms with E-state index in [-0.39, 0.29) is 0 Å². The van der Waals surface area contributed by atoms with Crippen molar-refractivity contribution in [2.75, 3.05) is 47.7 Å². The second kappa shape index (κ2) is 8.68. The second-order valence-electron chi connectivity index (χ2n) is 6.90. The zero-order valence-corrected chi connectivity index (χ0v) is 17.7. The van der Waals surface area contributed by atoms with Gasteiger partial charge in [-0.2, -0.15) is 0 Å². The van der Waals surface area contributed by atoms with Crippen molar-refractivity contribution >= 4 is 22.5 Å². The monoisotopic (exact) mass is 395 g/mol. The highest BCUT2D eigenvalue weighted by atomic mass is 16.5. The zero-order valence-electron chi connectivity index (χ0n) is 17.7. The first-order valence-electron chi connectivity index (χ1n) is 9.20. The van der Waals surface area contributed by atoms with Crippen molar-refractivity contribution in [3.8, 4) is 23.0 Å². The van der Waals surface area contributed by atoms with Crippen LogP contribution in [0.3, 0.4) is 0 Å². The van der Waals surface area contributed by atoms with Gasteiger partial charge in [-0.15, -0.1) is 0 Å². The first-order valence-corrected chi connectivity index (χ1v) is 9.20. The van der Waals surface area contributed by atoms with E-state index in [1.807, 2.05) is 80.1 Å². The molecule has 0 atom stereocenters. The molecule has 0 aliphatic carbocycles. The van der Waals surface area contributed by atoms with Crippen LogP contribution in [0.1, 0.15) is 0 Å². The van der Waals surface area contributed by atoms with Gasteiger partial charge in [0.1, 0.15) is 11.5 Å². The molecule has 1 N–H and O–H groups in total. The van der Waals surface area contributed by atoms with Gasteiger partial charge >= 0.3 is 5.96 Å². The summed E-state index contributed by atoms with van der Waals surface area (Å²) in [6, 6.07) is 13.4. The lowest BCUT2D eigenvalue weighted by atomic mass is 10.2. The molecular weight excluding hydrogens is 368 g/mol. The molecule has 0 unspecified atom stereocenters. The third kappa shape index (κ3) is 4.51. The summed E-state index contributed by atoms with van der Waals surface area (Å²) in [4.78, 5) is 6.43. The van der Waals surface area contributed by atoms with Crippen LogP contribution in [0.2, 0.25) is 0 Å². The highest BCUT2D eigenvalue weighted by molar-refractivity contribution is 5.90. The largest absolute Gasteiger partial charge is 0.493 e. The molecule has 0 fully saturated rings. The Balaban J connectivity index is 1.87. The second-order valence-corrected chi connectivity index (χ2v) is 6.90. The van der Waals surface area contributed by atoms with E-state index < -0.39 is 0 Å². The zero-order chi connectivity index (χ0) is 21.0. The van der Waals surface area contributed by atoms with E-state index in [1.54, 1.807) is 20.4 Å². The fourth-order valence-corrected chi connectivity index (χ4v) is 3.02. The Labute approximate surface area is 171 Å². The topological polar surface area (TPSA) is 58.9 Å². The molecule has 29 heavy (non-hydrogen) atoms. The number of fused-ring (bicyclic) bond motifs is 1. The summed E-state index contributed by atoms with van der Waals surface area (Å²) >= 11 is 0. The van der Waals surface area contributed by atoms with Gasteiger partial charge in [-0.25, -0.2) is 5.32 Å². The molecule has 1 aromatic heterocycles. The molecule has 7 nitrogen and oxygen atoms in total. The van der Waals surface area contributed by atoms with Crippen molar-refractivity contribution in [1.82, 2.24) is 9.88 Å². The number of nitrogens with one attached hydrogen (secondary N) is 1. The predicted molar refractivity (Wildman–Crippen MR) is 116 cm³/mol. The van der Waals surface area contributed by atoms with Crippen LogP contribution in [0.15, 0.2) is 48.7 Å². The number of rotatable bonds is 5. The van der Waals surface area contributed by atoms with Crippen molar-refractivity contribution in [2.24, 2.45) is 0 Å². The fourth-order valence-electron chi connectivity index (χ4n) is 3.02. The first-order chi connectivity index (χ1) is 13.9. The minimum atomic E-state index is 0.632. The van der Waals surface area contributed by atoms with Crippen LogP contribution in [0.5, 0.6) is 23.0 Å². The molecule has 0 spiro atoms. The number of hydrogen-bond donors (Lipinski definition) is 1. The molecule has 0 aliphatic heterocycles. The maximum absolute atomic E-state index is 6.13. The average molecular weight is 395 g/mol. The van der Waals surface area contributed by atoms with Gasteiger partial charge in [-0.3, -0.25) is 14.5 Å². The van der Waals surface area contributed by atoms with E-state index in [0.717, 1.165) is 28.3 Å². The number of methoxy groups -OCH3 is 2. The van der Waals surface area contributed by atoms with E-state index >= 15 is 0 Å². The van der Waals surface area contributed by atoms with E-state index in [2.05, 4.69) is 10.3 Å². The smallest absolute Gasteiger partial charge is 0.352 e. The molecule has 1 heterocycles. The van der Waals surface area contributed by atoms with Gasteiger partial charge in [0.25, 0.3) is 0 Å². The molecule has 3 rings (SSSR count). The van der Waals surface area contributed by atoms with Gasteiger partial charge in [0.15, 0.2) is 11.5 Å². The fraction of sp³-hybridized carbons (Fsp3) is 0.273. The Bertz CT molecular complexity index is 1030. The number of benzene rings is 2. The summed E-state index contributed by atoms with van der Waals surface area (Å²) in [5, 5.41) is 4.25. The van der Waals surface area contributed by atoms with E-state index in [4.69, 9.17) is 14.2 Å². The summed E-state index contributed by atoms with van der Waals surface area (Å²) in [7, 11) is 11.2. The van der Waals surface area contributed by atoms with Crippen LogP contribution < -0.4 is 19.5 Å². The van der Waals surface area contributed by atoms with Crippen molar-refractivity contribution < 1.29 is 18.8 Å². The molecule has 2 aromatic carbocycles. The van der Waals surface area contributed by atoms with Gasteiger partial charge < -0.3 is 14.2 Å². The summed E-state index contributed by atoms with van der Waals surface area (Å²) in [5.41, 5.74) is 1.75. The number of guanidine groups is 1. The Hall–Kier alpha value is -3.48. The van der Waals surface area contributed by atoms with E-state index in [1.165, 1.54) is 0 Å². The standard InChI is InChI=1S/C22H26N4O3/c1-25(2)22(26(3)4)24-15-7-9-16(10-8-15)29-19-11-12-23-18-14-21(28-6)20(27-5)13-17(18)19/h7-14H,1-6H3/p+1. The van der Waals surface area contributed by atoms with Crippen molar-refractivity contribution in [1.29, 1.82) is 0 Å². The van der Waals surface area contributed by atoms with Crippen LogP contribution in [-0.4, -0.2) is 62.8 Å². The number of aromatic nitrogens is 1. The number of nitrogens with zero attached hydrogens (tertiary/aromatic N) is 3. The van der Waals surface area contributed by atoms with Gasteiger partial charge in [0, 0.05) is 17.6 Å². The number of ether oxygens (including phenoxy) is 3. The quantitative estimate of drug-likeness (QED) is 0.404. The lowest BCUT2D eigenvalue weighted by Gasteiger charge is -2.14. The molecule has 152 valence electrons. The minimum absolute atomic E-state index is 0.632. The summed E-state index contributed by atoms with van der Waals surface area (Å²) in [6.07, 6.45) is 1.72. The molecule has 0 amide bonds. The summed E-state index contributed by atoms with van der Waals surface area (Å²) in [5.74, 6) is 3.68. The first kappa shape index (κ1) is 20.3. The van der Waals surface area contributed by atoms with Crippen LogP contribution >= 0.6 is 0 Å². The Morgan fingerprint density at radius 1 is 0.931 bits per heavy atom. The van der Waals surface area contributed by atoms with Crippen molar-refractivity contribution in [3.05, 3.63) is 48.7 Å². The van der Waals surface area contributed by atoms with Gasteiger partial charge in [0.05, 0.1) is 53.6 Å². The summed E-state index contributed by atoms with van der Waals surface area (Å²) in [6.45, 7) is 0. The third-order valence-corrected chi connectivity index (χ3v) is 4.39. The lowest BCUT2D eigenvalue weighted by Crippen LogP contribution is -2.36. The molecule has 0 bridgehead atoms. The van der Waals surface area contributed by atoms with E-state index in [0.29, 0.717) is 17.2 Å². The Morgan fingerprint density at radius 2 is 1.59 bits per heavy atom. The van der Waals surface area contributed by atoms with Gasteiger partial charge in [-0.1, -0.05) is 0 Å². The highest BCUT2D eigenvalue weighted by Gasteiger charge is 2.13. The maximum Gasteiger partial charge on any atom is 0.352 e. The molecule has 0 radical (unpaired) electrons. The van der Waals surface area contributed by atoms with Crippen molar-refractivity contribution in [2.45, 2.75) is 0 Å². The number of pyridine rings is 1. The van der Waals surface area contributed by atoms with E-state index in [9.17, 15) is 0 Å². The van der Waals surface area contributed by atoms with Crippen molar-refractivity contribution in [3.63, 3.8) is 0 Å². The maximum atomic E-state index is 6.13. The molecule has 0 aliphatic rings. The Morgan fingerprint density at radius 3 is 2.17 bits per heavy atom. The van der Waals surface area contributed by atoms with Gasteiger partial charge in [-0.05, 0) is 36.4 Å². The normalized spacial score (nSPS) is 10.4. The number of anilines is 1. The molecule has 0 saturated carbocycles. The van der Waals surface area contributed by atoms with Crippen LogP contribution in [-0.2, 0) is 0 Å². The summed E-state index contributed by atoms with van der Waals surface area (Å²) < 4.78 is 18.9. The SMILES string of the molecule is COc1cc2nccc(Oc3ccc(NC(N(C)C)=[N+](C)C)cc3)c2cc1OC. The average Bonchev–Trinajstić information content (AvgIpc) is 2.71. The molecule has 7 heteroatoms. The predicted octanol–water partition coefficient (Wildman–Crippen LogP) is 3.65. The molecular formula is C22H27N4O3+. The van der Waals surface area contributed by atoms with Crippen LogP contribution in [0.25, 0.3) is 10.9 Å². The Kier molecular flexibility index (Phi) is 6.07. The van der Waals surface area contributed by atoms with Crippen LogP contribution in [0, 0.1) is 0 Å².